The lowest BCUT2D eigenvalue weighted by Gasteiger charge is -2.20. The van der Waals surface area contributed by atoms with Crippen molar-refractivity contribution in [2.75, 3.05) is 19.6 Å². The van der Waals surface area contributed by atoms with Crippen molar-refractivity contribution in [2.24, 2.45) is 0 Å². The predicted octanol–water partition coefficient (Wildman–Crippen LogP) is 2.75. The lowest BCUT2D eigenvalue weighted by Crippen LogP contribution is -2.27. The van der Waals surface area contributed by atoms with Gasteiger partial charge in [0.25, 0.3) is 0 Å². The summed E-state index contributed by atoms with van der Waals surface area (Å²) in [5.41, 5.74) is -0.269. The molecule has 7 heteroatoms. The second-order valence-electron chi connectivity index (χ2n) is 6.66. The number of aliphatic hydroxyl groups excluding tert-OH is 1. The van der Waals surface area contributed by atoms with E-state index >= 15 is 0 Å². The van der Waals surface area contributed by atoms with Gasteiger partial charge in [0.15, 0.2) is 5.82 Å². The third-order valence-corrected chi connectivity index (χ3v) is 4.79. The average molecular weight is 335 g/mol. The Morgan fingerprint density at radius 3 is 2.67 bits per heavy atom. The van der Waals surface area contributed by atoms with Crippen molar-refractivity contribution in [1.29, 1.82) is 0 Å². The van der Waals surface area contributed by atoms with Crippen LogP contribution in [0.5, 0.6) is 0 Å². The summed E-state index contributed by atoms with van der Waals surface area (Å²) >= 11 is 0. The van der Waals surface area contributed by atoms with Crippen LogP contribution in [-0.2, 0) is 0 Å². The van der Waals surface area contributed by atoms with Gasteiger partial charge in [-0.3, -0.25) is 4.90 Å². The van der Waals surface area contributed by atoms with Crippen LogP contribution in [0.1, 0.15) is 54.5 Å². The van der Waals surface area contributed by atoms with Crippen molar-refractivity contribution in [3.05, 3.63) is 47.1 Å². The number of benzene rings is 1. The van der Waals surface area contributed by atoms with E-state index in [2.05, 4.69) is 10.1 Å². The minimum atomic E-state index is -1.20. The number of halogens is 2. The van der Waals surface area contributed by atoms with Crippen molar-refractivity contribution >= 4 is 0 Å². The van der Waals surface area contributed by atoms with E-state index < -0.39 is 17.7 Å². The van der Waals surface area contributed by atoms with E-state index in [0.717, 1.165) is 43.8 Å². The number of hydrogen-bond donors (Lipinski definition) is 1. The maximum absolute atomic E-state index is 13.7. The van der Waals surface area contributed by atoms with Gasteiger partial charge in [-0.05, 0) is 37.9 Å². The molecule has 4 rings (SSSR count). The predicted molar refractivity (Wildman–Crippen MR) is 81.4 cm³/mol. The molecule has 1 N–H and O–H groups in total. The fourth-order valence-electron chi connectivity index (χ4n) is 3.29. The van der Waals surface area contributed by atoms with Gasteiger partial charge in [-0.15, -0.1) is 0 Å². The molecule has 2 aliphatic rings. The van der Waals surface area contributed by atoms with Crippen molar-refractivity contribution in [2.45, 2.75) is 37.2 Å². The zero-order chi connectivity index (χ0) is 16.7. The van der Waals surface area contributed by atoms with Gasteiger partial charge in [0.05, 0.1) is 17.6 Å². The molecule has 0 bridgehead atoms. The van der Waals surface area contributed by atoms with E-state index in [1.54, 1.807) is 0 Å². The van der Waals surface area contributed by atoms with E-state index in [1.807, 2.05) is 4.90 Å². The lowest BCUT2D eigenvalue weighted by atomic mass is 10.1. The fourth-order valence-corrected chi connectivity index (χ4v) is 3.29. The summed E-state index contributed by atoms with van der Waals surface area (Å²) in [5, 5.41) is 14.2. The van der Waals surface area contributed by atoms with Crippen LogP contribution in [-0.4, -0.2) is 39.8 Å². The molecule has 2 aromatic rings. The Hall–Kier alpha value is -1.86. The molecule has 2 atom stereocenters. The Morgan fingerprint density at radius 2 is 1.96 bits per heavy atom. The van der Waals surface area contributed by atoms with Crippen molar-refractivity contribution in [1.82, 2.24) is 15.0 Å². The maximum Gasteiger partial charge on any atom is 0.231 e. The van der Waals surface area contributed by atoms with E-state index in [0.29, 0.717) is 18.4 Å². The molecule has 2 fully saturated rings. The van der Waals surface area contributed by atoms with Gasteiger partial charge < -0.3 is 9.63 Å². The minimum absolute atomic E-state index is 0.114. The Balaban J connectivity index is 1.39. The maximum atomic E-state index is 13.7. The Bertz CT molecular complexity index is 712. The standard InChI is InChI=1S/C17H19F2N3O2/c18-12-2-1-3-13(19)15(12)14(23)9-22-7-6-11(8-22)17-20-16(21-24-17)10-4-5-10/h1-3,10-11,14,23H,4-9H2. The first-order valence-corrected chi connectivity index (χ1v) is 8.29. The summed E-state index contributed by atoms with van der Waals surface area (Å²) in [6.07, 6.45) is 1.88. The monoisotopic (exact) mass is 335 g/mol. The topological polar surface area (TPSA) is 62.4 Å². The summed E-state index contributed by atoms with van der Waals surface area (Å²) < 4.78 is 32.9. The van der Waals surface area contributed by atoms with Crippen LogP contribution in [0.25, 0.3) is 0 Å². The van der Waals surface area contributed by atoms with E-state index in [4.69, 9.17) is 4.52 Å². The van der Waals surface area contributed by atoms with Gasteiger partial charge in [-0.25, -0.2) is 8.78 Å². The second kappa shape index (κ2) is 6.22. The molecular weight excluding hydrogens is 316 g/mol. The summed E-state index contributed by atoms with van der Waals surface area (Å²) in [4.78, 5) is 6.44. The molecule has 1 aromatic heterocycles. The third-order valence-electron chi connectivity index (χ3n) is 4.79. The van der Waals surface area contributed by atoms with Crippen LogP contribution in [0.4, 0.5) is 8.78 Å². The molecule has 0 radical (unpaired) electrons. The van der Waals surface area contributed by atoms with Gasteiger partial charge >= 0.3 is 0 Å². The highest BCUT2D eigenvalue weighted by Gasteiger charge is 2.33. The molecule has 1 aromatic carbocycles. The van der Waals surface area contributed by atoms with Crippen LogP contribution < -0.4 is 0 Å². The summed E-state index contributed by atoms with van der Waals surface area (Å²) in [5.74, 6) is 0.546. The number of likely N-dealkylation sites (tertiary alicyclic amines) is 1. The lowest BCUT2D eigenvalue weighted by molar-refractivity contribution is 0.118. The molecule has 2 unspecified atom stereocenters. The molecule has 1 aliphatic heterocycles. The van der Waals surface area contributed by atoms with Crippen LogP contribution in [0.3, 0.4) is 0 Å². The van der Waals surface area contributed by atoms with E-state index in [-0.39, 0.29) is 18.0 Å². The molecule has 1 saturated carbocycles. The summed E-state index contributed by atoms with van der Waals surface area (Å²) in [6.45, 7) is 1.54. The van der Waals surface area contributed by atoms with Crippen molar-refractivity contribution < 1.29 is 18.4 Å². The number of aromatic nitrogens is 2. The molecule has 24 heavy (non-hydrogen) atoms. The quantitative estimate of drug-likeness (QED) is 0.910. The fraction of sp³-hybridized carbons (Fsp3) is 0.529. The highest BCUT2D eigenvalue weighted by molar-refractivity contribution is 5.22. The summed E-state index contributed by atoms with van der Waals surface area (Å²) in [7, 11) is 0. The number of nitrogens with zero attached hydrogens (tertiary/aromatic N) is 3. The van der Waals surface area contributed by atoms with Gasteiger partial charge in [0.1, 0.15) is 11.6 Å². The SMILES string of the molecule is OC(CN1CCC(c2nc(C3CC3)no2)C1)c1c(F)cccc1F. The van der Waals surface area contributed by atoms with Gasteiger partial charge in [-0.2, -0.15) is 4.98 Å². The van der Waals surface area contributed by atoms with Crippen molar-refractivity contribution in [3.63, 3.8) is 0 Å². The van der Waals surface area contributed by atoms with Crippen LogP contribution in [0.2, 0.25) is 0 Å². The summed E-state index contributed by atoms with van der Waals surface area (Å²) in [6, 6.07) is 3.61. The molecular formula is C17H19F2N3O2. The van der Waals surface area contributed by atoms with E-state index in [1.165, 1.54) is 6.07 Å². The zero-order valence-corrected chi connectivity index (χ0v) is 13.2. The average Bonchev–Trinajstić information content (AvgIpc) is 3.09. The third kappa shape index (κ3) is 3.06. The van der Waals surface area contributed by atoms with Crippen LogP contribution in [0, 0.1) is 11.6 Å². The highest BCUT2D eigenvalue weighted by Crippen LogP contribution is 2.39. The molecule has 5 nitrogen and oxygen atoms in total. The largest absolute Gasteiger partial charge is 0.387 e. The Labute approximate surface area is 138 Å². The Morgan fingerprint density at radius 1 is 1.21 bits per heavy atom. The first-order valence-electron chi connectivity index (χ1n) is 8.29. The van der Waals surface area contributed by atoms with Crippen LogP contribution in [0.15, 0.2) is 22.7 Å². The molecule has 2 heterocycles. The molecule has 1 aliphatic carbocycles. The molecule has 0 spiro atoms. The first-order chi connectivity index (χ1) is 11.6. The zero-order valence-electron chi connectivity index (χ0n) is 13.2. The smallest absolute Gasteiger partial charge is 0.231 e. The highest BCUT2D eigenvalue weighted by atomic mass is 19.1. The normalized spacial score (nSPS) is 22.9. The number of rotatable bonds is 5. The minimum Gasteiger partial charge on any atom is -0.387 e. The Kier molecular flexibility index (Phi) is 4.05. The number of hydrogen-bond acceptors (Lipinski definition) is 5. The molecule has 0 amide bonds. The van der Waals surface area contributed by atoms with E-state index in [9.17, 15) is 13.9 Å². The first kappa shape index (κ1) is 15.7. The molecule has 128 valence electrons. The van der Waals surface area contributed by atoms with Crippen LogP contribution >= 0.6 is 0 Å². The van der Waals surface area contributed by atoms with Gasteiger partial charge in [0.2, 0.25) is 5.89 Å². The second-order valence-corrected chi connectivity index (χ2v) is 6.66. The number of β-amino-alcohol motifs (C(OH)–C–C–N with tert-alkyl or cyclic N) is 1. The van der Waals surface area contributed by atoms with Crippen molar-refractivity contribution in [3.8, 4) is 0 Å². The number of aliphatic hydroxyl groups is 1. The molecule has 1 saturated heterocycles. The van der Waals surface area contributed by atoms with Gasteiger partial charge in [-0.1, -0.05) is 11.2 Å². The van der Waals surface area contributed by atoms with Gasteiger partial charge in [0, 0.05) is 19.0 Å².